The van der Waals surface area contributed by atoms with Gasteiger partial charge in [-0.15, -0.1) is 0 Å². The molecule has 2 N–H and O–H groups in total. The van der Waals surface area contributed by atoms with Crippen LogP contribution in [0.2, 0.25) is 0 Å². The van der Waals surface area contributed by atoms with Crippen LogP contribution in [0.15, 0.2) is 55.0 Å². The summed E-state index contributed by atoms with van der Waals surface area (Å²) in [4.78, 5) is 25.9. The van der Waals surface area contributed by atoms with Crippen LogP contribution in [0, 0.1) is 5.82 Å². The highest BCUT2D eigenvalue weighted by atomic mass is 19.1. The maximum atomic E-state index is 14.7. The Kier molecular flexibility index (Phi) is 5.56. The molecule has 4 heterocycles. The summed E-state index contributed by atoms with van der Waals surface area (Å²) < 4.78 is 16.6. The van der Waals surface area contributed by atoms with Crippen LogP contribution < -0.4 is 15.5 Å². The van der Waals surface area contributed by atoms with Gasteiger partial charge in [-0.25, -0.2) is 14.4 Å². The zero-order valence-corrected chi connectivity index (χ0v) is 20.3. The van der Waals surface area contributed by atoms with Gasteiger partial charge in [-0.1, -0.05) is 0 Å². The van der Waals surface area contributed by atoms with E-state index in [9.17, 15) is 9.18 Å². The Labute approximate surface area is 208 Å². The number of nitrogens with one attached hydrogen (secondary N) is 2. The standard InChI is InChI=1S/C27H28FN7O/c1-17(2)33-9-11-34(12-10-33)21-5-3-20(4-6-21)32-25-26-29-7-8-35(26)23(16-30-25)18-13-19-15-31-27(36)24(19)22(28)14-18/h3-8,13-14,16-17H,9-12,15H2,1-2H3,(H,30,32)(H,31,36). The van der Waals surface area contributed by atoms with E-state index in [1.807, 2.05) is 16.7 Å². The Balaban J connectivity index is 1.23. The van der Waals surface area contributed by atoms with Crippen molar-refractivity contribution in [3.63, 3.8) is 0 Å². The molecule has 8 nitrogen and oxygen atoms in total. The fourth-order valence-corrected chi connectivity index (χ4v) is 5.08. The van der Waals surface area contributed by atoms with Gasteiger partial charge in [0.05, 0.1) is 17.5 Å². The predicted molar refractivity (Wildman–Crippen MR) is 138 cm³/mol. The van der Waals surface area contributed by atoms with Gasteiger partial charge < -0.3 is 15.5 Å². The molecule has 9 heteroatoms. The van der Waals surface area contributed by atoms with Gasteiger partial charge in [0, 0.05) is 68.1 Å². The van der Waals surface area contributed by atoms with Crippen LogP contribution in [0.5, 0.6) is 0 Å². The lowest BCUT2D eigenvalue weighted by molar-refractivity contribution is 0.0962. The number of anilines is 3. The summed E-state index contributed by atoms with van der Waals surface area (Å²) in [7, 11) is 0. The lowest BCUT2D eigenvalue weighted by atomic mass is 10.0. The van der Waals surface area contributed by atoms with Crippen LogP contribution >= 0.6 is 0 Å². The first-order valence-corrected chi connectivity index (χ1v) is 12.3. The molecular weight excluding hydrogens is 457 g/mol. The minimum absolute atomic E-state index is 0.122. The molecule has 184 valence electrons. The van der Waals surface area contributed by atoms with Crippen molar-refractivity contribution in [2.45, 2.75) is 26.4 Å². The van der Waals surface area contributed by atoms with Crippen molar-refractivity contribution >= 4 is 28.7 Å². The Hall–Kier alpha value is -3.98. The SMILES string of the molecule is CC(C)N1CCN(c2ccc(Nc3ncc(-c4cc(F)c5c(c4)CNC5=O)n4ccnc34)cc2)CC1. The minimum Gasteiger partial charge on any atom is -0.369 e. The number of carbonyl (C=O) groups excluding carboxylic acids is 1. The highest BCUT2D eigenvalue weighted by Crippen LogP contribution is 2.30. The number of imidazole rings is 1. The number of hydrogen-bond donors (Lipinski definition) is 2. The van der Waals surface area contributed by atoms with E-state index in [4.69, 9.17) is 0 Å². The lowest BCUT2D eigenvalue weighted by Gasteiger charge is -2.38. The van der Waals surface area contributed by atoms with E-state index in [-0.39, 0.29) is 11.5 Å². The highest BCUT2D eigenvalue weighted by molar-refractivity contribution is 5.99. The summed E-state index contributed by atoms with van der Waals surface area (Å²) in [5.41, 5.74) is 4.88. The van der Waals surface area contributed by atoms with Gasteiger partial charge >= 0.3 is 0 Å². The van der Waals surface area contributed by atoms with E-state index in [1.165, 1.54) is 11.8 Å². The van der Waals surface area contributed by atoms with Crippen molar-refractivity contribution in [2.75, 3.05) is 36.4 Å². The Morgan fingerprint density at radius 1 is 1.06 bits per heavy atom. The second-order valence-electron chi connectivity index (χ2n) is 9.58. The molecule has 0 aliphatic carbocycles. The molecule has 0 bridgehead atoms. The molecule has 6 rings (SSSR count). The van der Waals surface area contributed by atoms with Crippen molar-refractivity contribution in [2.24, 2.45) is 0 Å². The highest BCUT2D eigenvalue weighted by Gasteiger charge is 2.25. The first kappa shape index (κ1) is 22.5. The molecule has 2 aromatic heterocycles. The number of aromatic nitrogens is 3. The quantitative estimate of drug-likeness (QED) is 0.444. The van der Waals surface area contributed by atoms with Crippen molar-refractivity contribution in [3.8, 4) is 11.3 Å². The molecule has 2 aromatic carbocycles. The number of piperazine rings is 1. The first-order chi connectivity index (χ1) is 17.5. The number of amides is 1. The number of benzene rings is 2. The molecule has 0 saturated carbocycles. The molecule has 4 aromatic rings. The third kappa shape index (κ3) is 3.95. The molecule has 2 aliphatic heterocycles. The van der Waals surface area contributed by atoms with E-state index in [0.717, 1.165) is 31.9 Å². The second-order valence-corrected chi connectivity index (χ2v) is 9.58. The van der Waals surface area contributed by atoms with Crippen molar-refractivity contribution < 1.29 is 9.18 Å². The van der Waals surface area contributed by atoms with Gasteiger partial charge in [0.15, 0.2) is 11.5 Å². The van der Waals surface area contributed by atoms with E-state index in [0.29, 0.717) is 40.9 Å². The van der Waals surface area contributed by atoms with Gasteiger partial charge in [-0.05, 0) is 55.8 Å². The zero-order valence-electron chi connectivity index (χ0n) is 20.3. The monoisotopic (exact) mass is 485 g/mol. The van der Waals surface area contributed by atoms with Crippen molar-refractivity contribution in [3.05, 3.63) is 71.9 Å². The first-order valence-electron chi connectivity index (χ1n) is 12.3. The van der Waals surface area contributed by atoms with Crippen LogP contribution in [0.4, 0.5) is 21.6 Å². The lowest BCUT2D eigenvalue weighted by Crippen LogP contribution is -2.48. The fraction of sp³-hybridized carbons (Fsp3) is 0.296. The molecular formula is C27H28FN7O. The van der Waals surface area contributed by atoms with Crippen LogP contribution in [-0.2, 0) is 6.54 Å². The van der Waals surface area contributed by atoms with E-state index in [1.54, 1.807) is 12.4 Å². The average Bonchev–Trinajstić information content (AvgIpc) is 3.52. The average molecular weight is 486 g/mol. The zero-order chi connectivity index (χ0) is 24.8. The van der Waals surface area contributed by atoms with Gasteiger partial charge in [0.1, 0.15) is 5.82 Å². The number of hydrogen-bond acceptors (Lipinski definition) is 6. The largest absolute Gasteiger partial charge is 0.369 e. The van der Waals surface area contributed by atoms with Crippen molar-refractivity contribution in [1.29, 1.82) is 0 Å². The number of rotatable bonds is 5. The number of nitrogens with zero attached hydrogens (tertiary/aromatic N) is 5. The topological polar surface area (TPSA) is 77.8 Å². The normalized spacial score (nSPS) is 16.0. The molecule has 0 spiro atoms. The number of carbonyl (C=O) groups is 1. The molecule has 0 unspecified atom stereocenters. The maximum absolute atomic E-state index is 14.7. The van der Waals surface area contributed by atoms with Gasteiger partial charge in [0.25, 0.3) is 5.91 Å². The Morgan fingerprint density at radius 3 is 2.58 bits per heavy atom. The third-order valence-corrected chi connectivity index (χ3v) is 7.10. The van der Waals surface area contributed by atoms with Gasteiger partial charge in [-0.3, -0.25) is 14.1 Å². The van der Waals surface area contributed by atoms with Gasteiger partial charge in [0.2, 0.25) is 0 Å². The van der Waals surface area contributed by atoms with E-state index >= 15 is 0 Å². The maximum Gasteiger partial charge on any atom is 0.254 e. The van der Waals surface area contributed by atoms with E-state index < -0.39 is 5.82 Å². The minimum atomic E-state index is -0.529. The summed E-state index contributed by atoms with van der Waals surface area (Å²) in [5, 5.41) is 6.05. The molecule has 0 atom stereocenters. The second kappa shape index (κ2) is 8.91. The molecule has 2 aliphatic rings. The Morgan fingerprint density at radius 2 is 1.83 bits per heavy atom. The fourth-order valence-electron chi connectivity index (χ4n) is 5.08. The number of fused-ring (bicyclic) bond motifs is 2. The summed E-state index contributed by atoms with van der Waals surface area (Å²) >= 11 is 0. The van der Waals surface area contributed by atoms with Gasteiger partial charge in [-0.2, -0.15) is 0 Å². The van der Waals surface area contributed by atoms with E-state index in [2.05, 4.69) is 68.5 Å². The summed E-state index contributed by atoms with van der Waals surface area (Å²) in [6.07, 6.45) is 5.22. The Bertz CT molecular complexity index is 1440. The number of halogens is 1. The summed E-state index contributed by atoms with van der Waals surface area (Å²) in [6, 6.07) is 12.2. The summed E-state index contributed by atoms with van der Waals surface area (Å²) in [6.45, 7) is 9.02. The summed E-state index contributed by atoms with van der Waals surface area (Å²) in [5.74, 6) is -0.289. The molecule has 36 heavy (non-hydrogen) atoms. The molecule has 1 saturated heterocycles. The molecule has 0 radical (unpaired) electrons. The molecule has 1 amide bonds. The smallest absolute Gasteiger partial charge is 0.254 e. The third-order valence-electron chi connectivity index (χ3n) is 7.10. The predicted octanol–water partition coefficient (Wildman–Crippen LogP) is 4.05. The van der Waals surface area contributed by atoms with Crippen LogP contribution in [0.1, 0.15) is 29.8 Å². The van der Waals surface area contributed by atoms with Crippen LogP contribution in [-0.4, -0.2) is 57.4 Å². The van der Waals surface area contributed by atoms with Crippen molar-refractivity contribution in [1.82, 2.24) is 24.6 Å². The van der Waals surface area contributed by atoms with Crippen LogP contribution in [0.25, 0.3) is 16.9 Å². The molecule has 1 fully saturated rings. The van der Waals surface area contributed by atoms with Crippen LogP contribution in [0.3, 0.4) is 0 Å².